The van der Waals surface area contributed by atoms with Gasteiger partial charge in [0.15, 0.2) is 0 Å². The van der Waals surface area contributed by atoms with Crippen LogP contribution in [0.5, 0.6) is 0 Å². The number of benzene rings is 1. The highest BCUT2D eigenvalue weighted by atomic mass is 32.2. The van der Waals surface area contributed by atoms with Gasteiger partial charge in [0.1, 0.15) is 0 Å². The van der Waals surface area contributed by atoms with Crippen LogP contribution >= 0.6 is 11.8 Å². The lowest BCUT2D eigenvalue weighted by Gasteiger charge is -2.17. The van der Waals surface area contributed by atoms with Crippen molar-refractivity contribution in [2.24, 2.45) is 11.7 Å². The lowest BCUT2D eigenvalue weighted by Crippen LogP contribution is -2.32. The second-order valence-electron chi connectivity index (χ2n) is 3.98. The highest BCUT2D eigenvalue weighted by molar-refractivity contribution is 7.99. The molecule has 1 fully saturated rings. The fourth-order valence-corrected chi connectivity index (χ4v) is 3.30. The van der Waals surface area contributed by atoms with E-state index in [-0.39, 0.29) is 0 Å². The van der Waals surface area contributed by atoms with Crippen molar-refractivity contribution in [3.05, 3.63) is 35.9 Å². The van der Waals surface area contributed by atoms with Crippen LogP contribution in [0.2, 0.25) is 0 Å². The summed E-state index contributed by atoms with van der Waals surface area (Å²) in [6.07, 6.45) is 2.34. The first kappa shape index (κ1) is 10.1. The molecule has 0 aliphatic carbocycles. The summed E-state index contributed by atoms with van der Waals surface area (Å²) in [7, 11) is 0. The number of hydrogen-bond donors (Lipinski definition) is 1. The maximum Gasteiger partial charge on any atom is 0.0116 e. The van der Waals surface area contributed by atoms with Crippen molar-refractivity contribution < 1.29 is 0 Å². The monoisotopic (exact) mass is 207 g/mol. The highest BCUT2D eigenvalue weighted by Crippen LogP contribution is 2.26. The van der Waals surface area contributed by atoms with Crippen LogP contribution in [0.4, 0.5) is 0 Å². The van der Waals surface area contributed by atoms with Gasteiger partial charge in [0, 0.05) is 6.04 Å². The van der Waals surface area contributed by atoms with Gasteiger partial charge in [-0.2, -0.15) is 11.8 Å². The van der Waals surface area contributed by atoms with Crippen LogP contribution in [0.15, 0.2) is 30.3 Å². The molecule has 2 unspecified atom stereocenters. The molecule has 0 bridgehead atoms. The molecule has 0 spiro atoms. The summed E-state index contributed by atoms with van der Waals surface area (Å²) in [6, 6.07) is 10.9. The molecule has 14 heavy (non-hydrogen) atoms. The maximum atomic E-state index is 6.20. The summed E-state index contributed by atoms with van der Waals surface area (Å²) in [5, 5.41) is 0. The minimum absolute atomic E-state index is 0.354. The second kappa shape index (κ2) is 4.85. The van der Waals surface area contributed by atoms with E-state index >= 15 is 0 Å². The largest absolute Gasteiger partial charge is 0.327 e. The van der Waals surface area contributed by atoms with E-state index in [0.717, 1.165) is 12.3 Å². The van der Waals surface area contributed by atoms with Crippen LogP contribution < -0.4 is 5.73 Å². The van der Waals surface area contributed by atoms with Crippen LogP contribution in [0.25, 0.3) is 0 Å². The van der Waals surface area contributed by atoms with Crippen LogP contribution in [0, 0.1) is 5.92 Å². The molecule has 1 aliphatic heterocycles. The molecule has 2 rings (SSSR count). The molecule has 0 aromatic heterocycles. The summed E-state index contributed by atoms with van der Waals surface area (Å²) < 4.78 is 0. The minimum Gasteiger partial charge on any atom is -0.327 e. The van der Waals surface area contributed by atoms with Crippen molar-refractivity contribution in [2.45, 2.75) is 18.9 Å². The van der Waals surface area contributed by atoms with E-state index < -0.39 is 0 Å². The van der Waals surface area contributed by atoms with E-state index in [4.69, 9.17) is 5.73 Å². The van der Waals surface area contributed by atoms with Crippen LogP contribution in [0.1, 0.15) is 12.0 Å². The number of hydrogen-bond acceptors (Lipinski definition) is 2. The molecule has 2 N–H and O–H groups in total. The Labute approximate surface area is 90.1 Å². The Balaban J connectivity index is 1.90. The zero-order valence-electron chi connectivity index (χ0n) is 8.36. The van der Waals surface area contributed by atoms with E-state index in [2.05, 4.69) is 30.3 Å². The zero-order valence-corrected chi connectivity index (χ0v) is 9.17. The average Bonchev–Trinajstić information content (AvgIpc) is 2.72. The molecule has 1 aliphatic rings. The third kappa shape index (κ3) is 2.52. The molecular formula is C12H17NS. The van der Waals surface area contributed by atoms with Gasteiger partial charge < -0.3 is 5.73 Å². The Bertz CT molecular complexity index is 267. The molecule has 2 atom stereocenters. The quantitative estimate of drug-likeness (QED) is 0.823. The van der Waals surface area contributed by atoms with Gasteiger partial charge in [-0.25, -0.2) is 0 Å². The zero-order chi connectivity index (χ0) is 9.80. The van der Waals surface area contributed by atoms with E-state index in [9.17, 15) is 0 Å². The summed E-state index contributed by atoms with van der Waals surface area (Å²) in [5.41, 5.74) is 7.57. The molecule has 0 saturated carbocycles. The predicted molar refractivity (Wildman–Crippen MR) is 63.6 cm³/mol. The third-order valence-corrected chi connectivity index (χ3v) is 4.07. The third-order valence-electron chi connectivity index (χ3n) is 2.88. The first-order valence-corrected chi connectivity index (χ1v) is 6.39. The first-order valence-electron chi connectivity index (χ1n) is 5.23. The first-order chi connectivity index (χ1) is 6.86. The number of nitrogens with two attached hydrogens (primary N) is 1. The van der Waals surface area contributed by atoms with Gasteiger partial charge in [-0.3, -0.25) is 0 Å². The van der Waals surface area contributed by atoms with Crippen molar-refractivity contribution >= 4 is 11.8 Å². The van der Waals surface area contributed by atoms with E-state index in [0.29, 0.717) is 6.04 Å². The average molecular weight is 207 g/mol. The second-order valence-corrected chi connectivity index (χ2v) is 5.13. The molecule has 2 heteroatoms. The molecule has 1 aromatic rings. The fourth-order valence-electron chi connectivity index (χ4n) is 1.94. The smallest absolute Gasteiger partial charge is 0.0116 e. The van der Waals surface area contributed by atoms with Crippen LogP contribution in [-0.2, 0) is 6.42 Å². The Hall–Kier alpha value is -0.470. The van der Waals surface area contributed by atoms with Crippen LogP contribution in [0.3, 0.4) is 0 Å². The van der Waals surface area contributed by atoms with Crippen molar-refractivity contribution in [1.82, 2.24) is 0 Å². The SMILES string of the molecule is NC(Cc1ccccc1)C1CCSC1. The van der Waals surface area contributed by atoms with Gasteiger partial charge >= 0.3 is 0 Å². The van der Waals surface area contributed by atoms with Crippen molar-refractivity contribution in [3.8, 4) is 0 Å². The highest BCUT2D eigenvalue weighted by Gasteiger charge is 2.22. The number of thioether (sulfide) groups is 1. The van der Waals surface area contributed by atoms with E-state index in [1.54, 1.807) is 0 Å². The van der Waals surface area contributed by atoms with Gasteiger partial charge in [0.05, 0.1) is 0 Å². The van der Waals surface area contributed by atoms with Gasteiger partial charge in [0.2, 0.25) is 0 Å². The summed E-state index contributed by atoms with van der Waals surface area (Å²) >= 11 is 2.04. The predicted octanol–water partition coefficient (Wildman–Crippen LogP) is 2.31. The summed E-state index contributed by atoms with van der Waals surface area (Å²) in [6.45, 7) is 0. The Morgan fingerprint density at radius 1 is 1.36 bits per heavy atom. The van der Waals surface area contributed by atoms with E-state index in [1.165, 1.54) is 23.5 Å². The molecule has 1 aromatic carbocycles. The van der Waals surface area contributed by atoms with Gasteiger partial charge in [-0.15, -0.1) is 0 Å². The normalized spacial score (nSPS) is 23.6. The summed E-state index contributed by atoms with van der Waals surface area (Å²) in [5.74, 6) is 3.29. The molecule has 1 saturated heterocycles. The van der Waals surface area contributed by atoms with Gasteiger partial charge in [-0.05, 0) is 35.8 Å². The number of rotatable bonds is 3. The van der Waals surface area contributed by atoms with Crippen LogP contribution in [-0.4, -0.2) is 17.5 Å². The van der Waals surface area contributed by atoms with Crippen molar-refractivity contribution in [3.63, 3.8) is 0 Å². The van der Waals surface area contributed by atoms with Crippen molar-refractivity contribution in [2.75, 3.05) is 11.5 Å². The van der Waals surface area contributed by atoms with Crippen molar-refractivity contribution in [1.29, 1.82) is 0 Å². The molecule has 0 amide bonds. The topological polar surface area (TPSA) is 26.0 Å². The summed E-state index contributed by atoms with van der Waals surface area (Å²) in [4.78, 5) is 0. The van der Waals surface area contributed by atoms with Gasteiger partial charge in [0.25, 0.3) is 0 Å². The molecule has 1 nitrogen and oxygen atoms in total. The van der Waals surface area contributed by atoms with Gasteiger partial charge in [-0.1, -0.05) is 30.3 Å². The molecule has 1 heterocycles. The lowest BCUT2D eigenvalue weighted by atomic mass is 9.94. The maximum absolute atomic E-state index is 6.20. The minimum atomic E-state index is 0.354. The molecule has 76 valence electrons. The Kier molecular flexibility index (Phi) is 3.49. The lowest BCUT2D eigenvalue weighted by molar-refractivity contribution is 0.463. The molecule has 0 radical (unpaired) electrons. The Morgan fingerprint density at radius 3 is 2.79 bits per heavy atom. The van der Waals surface area contributed by atoms with E-state index in [1.807, 2.05) is 11.8 Å². The molecular weight excluding hydrogens is 190 g/mol. The Morgan fingerprint density at radius 2 is 2.14 bits per heavy atom. The fraction of sp³-hybridized carbons (Fsp3) is 0.500. The standard InChI is InChI=1S/C12H17NS/c13-12(11-6-7-14-9-11)8-10-4-2-1-3-5-10/h1-5,11-12H,6-9,13H2.